The number of amides is 1. The first-order valence-electron chi connectivity index (χ1n) is 7.78. The molecule has 0 saturated heterocycles. The van der Waals surface area contributed by atoms with Crippen molar-refractivity contribution in [3.8, 4) is 0 Å². The third kappa shape index (κ3) is 4.00. The molecule has 0 radical (unpaired) electrons. The molecule has 0 heterocycles. The predicted octanol–water partition coefficient (Wildman–Crippen LogP) is 5.05. The van der Waals surface area contributed by atoms with Crippen molar-refractivity contribution in [2.45, 2.75) is 20.8 Å². The number of aryl methyl sites for hydroxylation is 1. The molecule has 7 nitrogen and oxygen atoms in total. The molecule has 0 atom stereocenters. The summed E-state index contributed by atoms with van der Waals surface area (Å²) in [7, 11) is 0. The summed E-state index contributed by atoms with van der Waals surface area (Å²) in [5.74, 6) is -0.534. The molecule has 0 saturated carbocycles. The molecular weight excluding hydrogens is 360 g/mol. The van der Waals surface area contributed by atoms with Gasteiger partial charge >= 0.3 is 11.8 Å². The van der Waals surface area contributed by atoms with E-state index in [4.69, 9.17) is 16.3 Å². The van der Waals surface area contributed by atoms with Crippen LogP contribution in [0.3, 0.4) is 0 Å². The minimum Gasteiger partial charge on any atom is -0.449 e. The summed E-state index contributed by atoms with van der Waals surface area (Å²) < 4.78 is 5.05. The molecule has 0 spiro atoms. The maximum absolute atomic E-state index is 12.5. The molecule has 0 unspecified atom stereocenters. The zero-order valence-corrected chi connectivity index (χ0v) is 15.2. The predicted molar refractivity (Wildman–Crippen MR) is 98.5 cm³/mol. The van der Waals surface area contributed by atoms with Crippen LogP contribution >= 0.6 is 11.6 Å². The Balaban J connectivity index is 2.79. The number of nitrogens with zero attached hydrogens (tertiary/aromatic N) is 2. The first kappa shape index (κ1) is 19.4. The Bertz CT molecular complexity index is 865. The normalized spacial score (nSPS) is 10.3. The molecule has 136 valence electrons. The van der Waals surface area contributed by atoms with Crippen LogP contribution in [0.1, 0.15) is 29.8 Å². The highest BCUT2D eigenvalue weighted by molar-refractivity contribution is 6.31. The fraction of sp³-hybridized carbons (Fsp3) is 0.222. The average Bonchev–Trinajstić information content (AvgIpc) is 2.56. The Hall–Kier alpha value is -2.93. The number of carbonyl (C=O) groups is 2. The molecule has 0 aliphatic carbocycles. The second-order valence-electron chi connectivity index (χ2n) is 5.50. The zero-order valence-electron chi connectivity index (χ0n) is 14.5. The minimum atomic E-state index is -0.809. The van der Waals surface area contributed by atoms with Gasteiger partial charge in [0, 0.05) is 5.02 Å². The molecule has 2 aromatic carbocycles. The Morgan fingerprint density at radius 3 is 2.35 bits per heavy atom. The summed E-state index contributed by atoms with van der Waals surface area (Å²) in [5.41, 5.74) is 0.487. The Kier molecular flexibility index (Phi) is 5.94. The van der Waals surface area contributed by atoms with Crippen molar-refractivity contribution in [3.05, 3.63) is 62.7 Å². The van der Waals surface area contributed by atoms with Gasteiger partial charge in [0.05, 0.1) is 22.8 Å². The topological polar surface area (TPSA) is 89.8 Å². The molecule has 0 N–H and O–H groups in total. The van der Waals surface area contributed by atoms with Crippen LogP contribution in [0.25, 0.3) is 0 Å². The van der Waals surface area contributed by atoms with Crippen LogP contribution in [-0.2, 0) is 4.74 Å². The van der Waals surface area contributed by atoms with Crippen molar-refractivity contribution in [1.82, 2.24) is 0 Å². The summed E-state index contributed by atoms with van der Waals surface area (Å²) in [4.78, 5) is 36.4. The molecule has 8 heteroatoms. The molecule has 0 aliphatic rings. The number of hydrogen-bond donors (Lipinski definition) is 0. The second-order valence-corrected chi connectivity index (χ2v) is 5.94. The van der Waals surface area contributed by atoms with Gasteiger partial charge in [-0.2, -0.15) is 0 Å². The maximum Gasteiger partial charge on any atom is 0.419 e. The number of ether oxygens (including phenoxy) is 1. The van der Waals surface area contributed by atoms with E-state index in [2.05, 4.69) is 0 Å². The van der Waals surface area contributed by atoms with Gasteiger partial charge in [-0.1, -0.05) is 29.3 Å². The van der Waals surface area contributed by atoms with Gasteiger partial charge in [0.2, 0.25) is 0 Å². The smallest absolute Gasteiger partial charge is 0.419 e. The van der Waals surface area contributed by atoms with Crippen molar-refractivity contribution in [2.24, 2.45) is 0 Å². The number of benzene rings is 2. The number of halogens is 1. The van der Waals surface area contributed by atoms with Gasteiger partial charge in [0.25, 0.3) is 0 Å². The van der Waals surface area contributed by atoms with Crippen molar-refractivity contribution >= 4 is 40.5 Å². The van der Waals surface area contributed by atoms with Gasteiger partial charge in [-0.25, -0.2) is 9.69 Å². The molecule has 1 amide bonds. The minimum absolute atomic E-state index is 0.0785. The van der Waals surface area contributed by atoms with Gasteiger partial charge in [0.15, 0.2) is 5.78 Å². The number of ketones is 1. The lowest BCUT2D eigenvalue weighted by Crippen LogP contribution is -2.28. The zero-order chi connectivity index (χ0) is 19.4. The first-order valence-corrected chi connectivity index (χ1v) is 8.16. The fourth-order valence-electron chi connectivity index (χ4n) is 2.44. The summed E-state index contributed by atoms with van der Waals surface area (Å²) >= 11 is 6.06. The summed E-state index contributed by atoms with van der Waals surface area (Å²) in [6, 6.07) is 9.25. The second kappa shape index (κ2) is 7.97. The molecule has 2 rings (SSSR count). The molecule has 2 aromatic rings. The highest BCUT2D eigenvalue weighted by Gasteiger charge is 2.32. The number of hydrogen-bond acceptors (Lipinski definition) is 5. The van der Waals surface area contributed by atoms with Crippen LogP contribution in [0.2, 0.25) is 5.02 Å². The van der Waals surface area contributed by atoms with Crippen LogP contribution in [0, 0.1) is 17.0 Å². The summed E-state index contributed by atoms with van der Waals surface area (Å²) in [6.45, 7) is 4.77. The fourth-order valence-corrected chi connectivity index (χ4v) is 2.65. The first-order chi connectivity index (χ1) is 12.3. The third-order valence-electron chi connectivity index (χ3n) is 3.60. The van der Waals surface area contributed by atoms with Crippen molar-refractivity contribution < 1.29 is 19.2 Å². The van der Waals surface area contributed by atoms with Gasteiger partial charge < -0.3 is 4.74 Å². The number of Topliss-reactive ketones (excluding diaryl/α,β-unsaturated/α-hetero) is 1. The van der Waals surface area contributed by atoms with E-state index in [1.807, 2.05) is 6.92 Å². The van der Waals surface area contributed by atoms with Crippen LogP contribution in [0.15, 0.2) is 36.4 Å². The SMILES string of the molecule is CCOC(=O)N(c1ccc(C)cc1)c1cc(Cl)cc(C(C)=O)c1[N+](=O)[O-]. The van der Waals surface area contributed by atoms with Gasteiger partial charge in [-0.05, 0) is 45.0 Å². The highest BCUT2D eigenvalue weighted by Crippen LogP contribution is 2.39. The van der Waals surface area contributed by atoms with E-state index in [9.17, 15) is 19.7 Å². The molecule has 0 bridgehead atoms. The van der Waals surface area contributed by atoms with Crippen LogP contribution < -0.4 is 4.90 Å². The van der Waals surface area contributed by atoms with Crippen molar-refractivity contribution in [1.29, 1.82) is 0 Å². The van der Waals surface area contributed by atoms with Gasteiger partial charge in [0.1, 0.15) is 5.69 Å². The van der Waals surface area contributed by atoms with E-state index in [0.29, 0.717) is 5.69 Å². The van der Waals surface area contributed by atoms with Gasteiger partial charge in [-0.15, -0.1) is 0 Å². The van der Waals surface area contributed by atoms with E-state index in [1.54, 1.807) is 31.2 Å². The summed E-state index contributed by atoms with van der Waals surface area (Å²) in [5, 5.41) is 11.8. The quantitative estimate of drug-likeness (QED) is 0.413. The molecular formula is C18H17ClN2O5. The van der Waals surface area contributed by atoms with Crippen molar-refractivity contribution in [2.75, 3.05) is 11.5 Å². The molecule has 0 fully saturated rings. The molecule has 0 aromatic heterocycles. The third-order valence-corrected chi connectivity index (χ3v) is 3.82. The van der Waals surface area contributed by atoms with Gasteiger partial charge in [-0.3, -0.25) is 14.9 Å². The Morgan fingerprint density at radius 2 is 1.85 bits per heavy atom. The summed E-state index contributed by atoms with van der Waals surface area (Å²) in [6.07, 6.45) is -0.809. The standard InChI is InChI=1S/C18H17ClN2O5/c1-4-26-18(23)20(14-7-5-11(2)6-8-14)16-10-13(19)9-15(12(3)22)17(16)21(24)25/h5-10H,4H2,1-3H3. The van der Waals surface area contributed by atoms with Crippen LogP contribution in [-0.4, -0.2) is 23.4 Å². The largest absolute Gasteiger partial charge is 0.449 e. The van der Waals surface area contributed by atoms with Crippen LogP contribution in [0.5, 0.6) is 0 Å². The lowest BCUT2D eigenvalue weighted by molar-refractivity contribution is -0.384. The monoisotopic (exact) mass is 376 g/mol. The average molecular weight is 377 g/mol. The van der Waals surface area contributed by atoms with E-state index >= 15 is 0 Å². The van der Waals surface area contributed by atoms with Crippen LogP contribution in [0.4, 0.5) is 21.9 Å². The maximum atomic E-state index is 12.5. The van der Waals surface area contributed by atoms with Crippen molar-refractivity contribution in [3.63, 3.8) is 0 Å². The van der Waals surface area contributed by atoms with E-state index in [-0.39, 0.29) is 22.9 Å². The lowest BCUT2D eigenvalue weighted by atomic mass is 10.1. The number of nitro benzene ring substituents is 1. The Morgan fingerprint density at radius 1 is 1.23 bits per heavy atom. The molecule has 0 aliphatic heterocycles. The number of carbonyl (C=O) groups excluding carboxylic acids is 2. The number of nitro groups is 1. The number of rotatable bonds is 5. The van der Waals surface area contributed by atoms with E-state index < -0.39 is 22.5 Å². The Labute approximate surface area is 155 Å². The molecule has 26 heavy (non-hydrogen) atoms. The van der Waals surface area contributed by atoms with E-state index in [0.717, 1.165) is 10.5 Å². The number of anilines is 2. The highest BCUT2D eigenvalue weighted by atomic mass is 35.5. The lowest BCUT2D eigenvalue weighted by Gasteiger charge is -2.23. The van der Waals surface area contributed by atoms with E-state index in [1.165, 1.54) is 19.1 Å².